The van der Waals surface area contributed by atoms with Crippen molar-refractivity contribution in [1.29, 1.82) is 0 Å². The van der Waals surface area contributed by atoms with Crippen LogP contribution in [0.5, 0.6) is 11.5 Å². The summed E-state index contributed by atoms with van der Waals surface area (Å²) in [6, 6.07) is 5.92. The van der Waals surface area contributed by atoms with Crippen molar-refractivity contribution in [1.82, 2.24) is 4.90 Å². The minimum absolute atomic E-state index is 0.170. The number of hydrogen-bond acceptors (Lipinski definition) is 5. The first-order valence-electron chi connectivity index (χ1n) is 7.41. The summed E-state index contributed by atoms with van der Waals surface area (Å²) >= 11 is 0. The van der Waals surface area contributed by atoms with Gasteiger partial charge in [-0.2, -0.15) is 0 Å². The molecule has 0 amide bonds. The minimum atomic E-state index is 0.170. The zero-order chi connectivity index (χ0) is 15.1. The molecule has 0 aliphatic carbocycles. The minimum Gasteiger partial charge on any atom is -0.493 e. The summed E-state index contributed by atoms with van der Waals surface area (Å²) in [6.45, 7) is 6.69. The standard InChI is InChI=1S/C16H25NO4/c1-13-3-4-15(16(9-13)19-2)21-8-6-17-5-7-20-12-14(10-17)11-18/h3-4,9,14,18H,5-8,10-12H2,1-2H3/t14-/m1/s1. The van der Waals surface area contributed by atoms with Gasteiger partial charge >= 0.3 is 0 Å². The molecule has 0 aromatic heterocycles. The number of methoxy groups -OCH3 is 1. The number of benzene rings is 1. The van der Waals surface area contributed by atoms with Crippen LogP contribution in [0.25, 0.3) is 0 Å². The molecule has 1 atom stereocenters. The third-order valence-corrected chi connectivity index (χ3v) is 3.66. The molecule has 1 saturated heterocycles. The Morgan fingerprint density at radius 1 is 1.38 bits per heavy atom. The van der Waals surface area contributed by atoms with Gasteiger partial charge in [-0.1, -0.05) is 6.07 Å². The monoisotopic (exact) mass is 295 g/mol. The molecule has 0 radical (unpaired) electrons. The second-order valence-corrected chi connectivity index (χ2v) is 5.43. The first-order valence-corrected chi connectivity index (χ1v) is 7.41. The second-order valence-electron chi connectivity index (χ2n) is 5.43. The third kappa shape index (κ3) is 4.88. The molecule has 1 heterocycles. The molecule has 118 valence electrons. The second kappa shape index (κ2) is 8.22. The van der Waals surface area contributed by atoms with Crippen molar-refractivity contribution in [3.63, 3.8) is 0 Å². The Morgan fingerprint density at radius 3 is 3.00 bits per heavy atom. The van der Waals surface area contributed by atoms with Gasteiger partial charge in [-0.05, 0) is 24.6 Å². The molecule has 0 unspecified atom stereocenters. The van der Waals surface area contributed by atoms with Crippen LogP contribution in [0.4, 0.5) is 0 Å². The largest absolute Gasteiger partial charge is 0.493 e. The van der Waals surface area contributed by atoms with E-state index in [1.807, 2.05) is 25.1 Å². The fraction of sp³-hybridized carbons (Fsp3) is 0.625. The molecular weight excluding hydrogens is 270 g/mol. The molecule has 5 nitrogen and oxygen atoms in total. The lowest BCUT2D eigenvalue weighted by Gasteiger charge is -2.22. The first kappa shape index (κ1) is 16.1. The van der Waals surface area contributed by atoms with E-state index in [0.29, 0.717) is 19.8 Å². The number of ether oxygens (including phenoxy) is 3. The van der Waals surface area contributed by atoms with Crippen LogP contribution >= 0.6 is 0 Å². The molecule has 5 heteroatoms. The van der Waals surface area contributed by atoms with E-state index in [-0.39, 0.29) is 12.5 Å². The van der Waals surface area contributed by atoms with E-state index < -0.39 is 0 Å². The van der Waals surface area contributed by atoms with Gasteiger partial charge in [0.25, 0.3) is 0 Å². The van der Waals surface area contributed by atoms with Crippen molar-refractivity contribution in [3.05, 3.63) is 23.8 Å². The van der Waals surface area contributed by atoms with E-state index in [1.54, 1.807) is 7.11 Å². The molecule has 1 aliphatic rings. The van der Waals surface area contributed by atoms with Crippen LogP contribution in [0.1, 0.15) is 5.56 Å². The average molecular weight is 295 g/mol. The summed E-state index contributed by atoms with van der Waals surface area (Å²) in [7, 11) is 1.65. The summed E-state index contributed by atoms with van der Waals surface area (Å²) in [5.74, 6) is 1.73. The molecule has 1 aromatic rings. The smallest absolute Gasteiger partial charge is 0.161 e. The lowest BCUT2D eigenvalue weighted by molar-refractivity contribution is 0.0957. The molecule has 0 bridgehead atoms. The number of aryl methyl sites for hydroxylation is 1. The normalized spacial score (nSPS) is 20.0. The predicted molar refractivity (Wildman–Crippen MR) is 81.1 cm³/mol. The van der Waals surface area contributed by atoms with Crippen LogP contribution in [-0.2, 0) is 4.74 Å². The first-order chi connectivity index (χ1) is 10.2. The van der Waals surface area contributed by atoms with Crippen LogP contribution in [0.3, 0.4) is 0 Å². The maximum Gasteiger partial charge on any atom is 0.161 e. The SMILES string of the molecule is COc1cc(C)ccc1OCCN1CCOC[C@@H](CO)C1. The van der Waals surface area contributed by atoms with E-state index in [4.69, 9.17) is 14.2 Å². The average Bonchev–Trinajstić information content (AvgIpc) is 2.73. The van der Waals surface area contributed by atoms with Gasteiger partial charge in [0, 0.05) is 32.2 Å². The molecule has 1 N–H and O–H groups in total. The Labute approximate surface area is 126 Å². The fourth-order valence-electron chi connectivity index (χ4n) is 2.45. The summed E-state index contributed by atoms with van der Waals surface area (Å²) < 4.78 is 16.6. The fourth-order valence-corrected chi connectivity index (χ4v) is 2.45. The Balaban J connectivity index is 1.83. The van der Waals surface area contributed by atoms with Gasteiger partial charge in [0.05, 0.1) is 20.3 Å². The number of aliphatic hydroxyl groups excluding tert-OH is 1. The van der Waals surface area contributed by atoms with Gasteiger partial charge < -0.3 is 19.3 Å². The Bertz CT molecular complexity index is 438. The highest BCUT2D eigenvalue weighted by Crippen LogP contribution is 2.27. The summed E-state index contributed by atoms with van der Waals surface area (Å²) in [5.41, 5.74) is 1.15. The van der Waals surface area contributed by atoms with Crippen molar-refractivity contribution in [3.8, 4) is 11.5 Å². The van der Waals surface area contributed by atoms with E-state index >= 15 is 0 Å². The zero-order valence-electron chi connectivity index (χ0n) is 12.9. The highest BCUT2D eigenvalue weighted by atomic mass is 16.5. The van der Waals surface area contributed by atoms with E-state index in [0.717, 1.165) is 36.7 Å². The quantitative estimate of drug-likeness (QED) is 0.858. The molecule has 2 rings (SSSR count). The third-order valence-electron chi connectivity index (χ3n) is 3.66. The topological polar surface area (TPSA) is 51.2 Å². The van der Waals surface area contributed by atoms with E-state index in [9.17, 15) is 5.11 Å². The van der Waals surface area contributed by atoms with Crippen LogP contribution < -0.4 is 9.47 Å². The zero-order valence-corrected chi connectivity index (χ0v) is 12.9. The van der Waals surface area contributed by atoms with Crippen LogP contribution in [-0.4, -0.2) is 63.2 Å². The molecule has 1 aliphatic heterocycles. The van der Waals surface area contributed by atoms with Crippen molar-refractivity contribution in [2.24, 2.45) is 5.92 Å². The van der Waals surface area contributed by atoms with Gasteiger partial charge in [-0.15, -0.1) is 0 Å². The predicted octanol–water partition coefficient (Wildman–Crippen LogP) is 1.32. The summed E-state index contributed by atoms with van der Waals surface area (Å²) in [4.78, 5) is 2.27. The number of rotatable bonds is 6. The maximum atomic E-state index is 9.28. The summed E-state index contributed by atoms with van der Waals surface area (Å²) in [6.07, 6.45) is 0. The van der Waals surface area contributed by atoms with Crippen molar-refractivity contribution >= 4 is 0 Å². The van der Waals surface area contributed by atoms with Crippen molar-refractivity contribution in [2.75, 3.05) is 53.2 Å². The molecule has 0 saturated carbocycles. The number of hydrogen-bond donors (Lipinski definition) is 1. The number of aliphatic hydroxyl groups is 1. The van der Waals surface area contributed by atoms with Crippen molar-refractivity contribution < 1.29 is 19.3 Å². The van der Waals surface area contributed by atoms with Crippen LogP contribution in [0, 0.1) is 12.8 Å². The Hall–Kier alpha value is -1.30. The molecule has 0 spiro atoms. The molecule has 1 aromatic carbocycles. The van der Waals surface area contributed by atoms with Crippen LogP contribution in [0.15, 0.2) is 18.2 Å². The highest BCUT2D eigenvalue weighted by molar-refractivity contribution is 5.42. The van der Waals surface area contributed by atoms with Crippen LogP contribution in [0.2, 0.25) is 0 Å². The summed E-state index contributed by atoms with van der Waals surface area (Å²) in [5, 5.41) is 9.28. The van der Waals surface area contributed by atoms with Crippen molar-refractivity contribution in [2.45, 2.75) is 6.92 Å². The highest BCUT2D eigenvalue weighted by Gasteiger charge is 2.17. The lowest BCUT2D eigenvalue weighted by Crippen LogP contribution is -2.34. The van der Waals surface area contributed by atoms with Gasteiger partial charge in [0.15, 0.2) is 11.5 Å². The number of nitrogens with zero attached hydrogens (tertiary/aromatic N) is 1. The van der Waals surface area contributed by atoms with Gasteiger partial charge in [0.2, 0.25) is 0 Å². The van der Waals surface area contributed by atoms with Gasteiger partial charge in [-0.3, -0.25) is 4.90 Å². The Morgan fingerprint density at radius 2 is 2.24 bits per heavy atom. The van der Waals surface area contributed by atoms with Gasteiger partial charge in [0.1, 0.15) is 6.61 Å². The molecular formula is C16H25NO4. The van der Waals surface area contributed by atoms with E-state index in [1.165, 1.54) is 0 Å². The van der Waals surface area contributed by atoms with Gasteiger partial charge in [-0.25, -0.2) is 0 Å². The molecule has 1 fully saturated rings. The molecule has 21 heavy (non-hydrogen) atoms. The Kier molecular flexibility index (Phi) is 6.29. The van der Waals surface area contributed by atoms with E-state index in [2.05, 4.69) is 4.90 Å². The maximum absolute atomic E-state index is 9.28. The lowest BCUT2D eigenvalue weighted by atomic mass is 10.1.